The van der Waals surface area contributed by atoms with Crippen LogP contribution in [0, 0.1) is 18.6 Å². The van der Waals surface area contributed by atoms with Crippen molar-refractivity contribution in [2.45, 2.75) is 20.3 Å². The van der Waals surface area contributed by atoms with Gasteiger partial charge in [-0.15, -0.1) is 0 Å². The van der Waals surface area contributed by atoms with Crippen LogP contribution in [0.1, 0.15) is 39.6 Å². The summed E-state index contributed by atoms with van der Waals surface area (Å²) in [6.45, 7) is 3.09. The number of hydrogen-bond donors (Lipinski definition) is 2. The zero-order valence-electron chi connectivity index (χ0n) is 12.6. The van der Waals surface area contributed by atoms with Gasteiger partial charge >= 0.3 is 0 Å². The average molecular weight is 319 g/mol. The molecule has 2 N–H and O–H groups in total. The Balaban J connectivity index is 2.34. The molecule has 0 unspecified atom stereocenters. The van der Waals surface area contributed by atoms with Gasteiger partial charge in [0.25, 0.3) is 5.91 Å². The van der Waals surface area contributed by atoms with Crippen molar-refractivity contribution in [1.82, 2.24) is 0 Å². The van der Waals surface area contributed by atoms with E-state index in [1.54, 1.807) is 6.92 Å². The predicted octanol–water partition coefficient (Wildman–Crippen LogP) is 3.82. The van der Waals surface area contributed by atoms with Gasteiger partial charge in [-0.3, -0.25) is 9.59 Å². The van der Waals surface area contributed by atoms with Crippen molar-refractivity contribution in [3.05, 3.63) is 58.7 Å². The van der Waals surface area contributed by atoms with Gasteiger partial charge in [0, 0.05) is 18.1 Å². The monoisotopic (exact) mass is 319 g/mol. The number of carbonyl (C=O) groups excluding carboxylic acids is 2. The Bertz CT molecular complexity index is 788. The summed E-state index contributed by atoms with van der Waals surface area (Å²) in [5.74, 6) is -3.03. The maximum atomic E-state index is 13.7. The van der Waals surface area contributed by atoms with Crippen LogP contribution < -0.4 is 5.32 Å². The highest BCUT2D eigenvalue weighted by Gasteiger charge is 2.17. The molecule has 0 bridgehead atoms. The van der Waals surface area contributed by atoms with Crippen molar-refractivity contribution in [1.29, 1.82) is 0 Å². The molecule has 2 aromatic rings. The number of halogens is 2. The minimum Gasteiger partial charge on any atom is -0.506 e. The summed E-state index contributed by atoms with van der Waals surface area (Å²) >= 11 is 0. The Morgan fingerprint density at radius 3 is 2.48 bits per heavy atom. The molecule has 0 aliphatic rings. The van der Waals surface area contributed by atoms with Crippen LogP contribution in [0.5, 0.6) is 5.75 Å². The Morgan fingerprint density at radius 2 is 1.83 bits per heavy atom. The molecule has 0 saturated carbocycles. The highest BCUT2D eigenvalue weighted by atomic mass is 19.1. The standard InChI is InChI=1S/C17H15F2NO3/c1-3-15(21)10-4-5-16(22)14(7-10)20-17(23)11-6-9(2)12(18)8-13(11)19/h4-8,22H,3H2,1-2H3,(H,20,23). The lowest BCUT2D eigenvalue weighted by Crippen LogP contribution is -2.15. The van der Waals surface area contributed by atoms with Crippen molar-refractivity contribution in [2.24, 2.45) is 0 Å². The Hall–Kier alpha value is -2.76. The van der Waals surface area contributed by atoms with Crippen molar-refractivity contribution < 1.29 is 23.5 Å². The molecule has 0 fully saturated rings. The van der Waals surface area contributed by atoms with E-state index in [1.165, 1.54) is 25.1 Å². The molecule has 0 aliphatic carbocycles. The molecule has 0 spiro atoms. The number of nitrogens with one attached hydrogen (secondary N) is 1. The summed E-state index contributed by atoms with van der Waals surface area (Å²) < 4.78 is 27.0. The number of amides is 1. The maximum Gasteiger partial charge on any atom is 0.258 e. The molecule has 0 saturated heterocycles. The highest BCUT2D eigenvalue weighted by Crippen LogP contribution is 2.26. The summed E-state index contributed by atoms with van der Waals surface area (Å²) in [7, 11) is 0. The topological polar surface area (TPSA) is 66.4 Å². The van der Waals surface area contributed by atoms with E-state index >= 15 is 0 Å². The van der Waals surface area contributed by atoms with Crippen LogP contribution in [-0.2, 0) is 0 Å². The summed E-state index contributed by atoms with van der Waals surface area (Å²) in [5.41, 5.74) is 0.0678. The van der Waals surface area contributed by atoms with Crippen LogP contribution in [0.4, 0.5) is 14.5 Å². The number of aryl methyl sites for hydroxylation is 1. The number of aromatic hydroxyl groups is 1. The van der Waals surface area contributed by atoms with Gasteiger partial charge in [0.15, 0.2) is 5.78 Å². The number of carbonyl (C=O) groups is 2. The average Bonchev–Trinajstić information content (AvgIpc) is 2.52. The zero-order chi connectivity index (χ0) is 17.1. The smallest absolute Gasteiger partial charge is 0.258 e. The van der Waals surface area contributed by atoms with E-state index in [9.17, 15) is 23.5 Å². The quantitative estimate of drug-likeness (QED) is 0.665. The minimum absolute atomic E-state index is 0.0179. The van der Waals surface area contributed by atoms with Gasteiger partial charge in [0.2, 0.25) is 0 Å². The number of phenols is 1. The molecule has 0 radical (unpaired) electrons. The van der Waals surface area contributed by atoms with Gasteiger partial charge < -0.3 is 10.4 Å². The first kappa shape index (κ1) is 16.6. The van der Waals surface area contributed by atoms with E-state index in [-0.39, 0.29) is 34.8 Å². The summed E-state index contributed by atoms with van der Waals surface area (Å²) in [4.78, 5) is 23.8. The molecule has 6 heteroatoms. The molecule has 2 rings (SSSR count). The van der Waals surface area contributed by atoms with Gasteiger partial charge in [0.1, 0.15) is 17.4 Å². The van der Waals surface area contributed by atoms with Crippen molar-refractivity contribution in [3.8, 4) is 5.75 Å². The molecule has 4 nitrogen and oxygen atoms in total. The summed E-state index contributed by atoms with van der Waals surface area (Å²) in [5, 5.41) is 12.1. The zero-order valence-corrected chi connectivity index (χ0v) is 12.6. The first-order valence-corrected chi connectivity index (χ1v) is 6.96. The summed E-state index contributed by atoms with van der Waals surface area (Å²) in [6, 6.07) is 5.72. The third-order valence-corrected chi connectivity index (χ3v) is 3.38. The maximum absolute atomic E-state index is 13.7. The molecule has 120 valence electrons. The van der Waals surface area contributed by atoms with E-state index in [4.69, 9.17) is 0 Å². The van der Waals surface area contributed by atoms with Crippen LogP contribution in [0.15, 0.2) is 30.3 Å². The molecule has 1 amide bonds. The van der Waals surface area contributed by atoms with Gasteiger partial charge in [-0.2, -0.15) is 0 Å². The number of phenolic OH excluding ortho intramolecular Hbond substituents is 1. The number of hydrogen-bond acceptors (Lipinski definition) is 3. The van der Waals surface area contributed by atoms with Crippen molar-refractivity contribution >= 4 is 17.4 Å². The molecule has 0 heterocycles. The van der Waals surface area contributed by atoms with Gasteiger partial charge in [-0.1, -0.05) is 6.92 Å². The molecular formula is C17H15F2NO3. The Labute approximate surface area is 131 Å². The van der Waals surface area contributed by atoms with E-state index in [0.29, 0.717) is 11.6 Å². The first-order valence-electron chi connectivity index (χ1n) is 6.96. The second-order valence-corrected chi connectivity index (χ2v) is 5.04. The Morgan fingerprint density at radius 1 is 1.13 bits per heavy atom. The fourth-order valence-corrected chi connectivity index (χ4v) is 2.03. The number of rotatable bonds is 4. The largest absolute Gasteiger partial charge is 0.506 e. The normalized spacial score (nSPS) is 10.4. The van der Waals surface area contributed by atoms with E-state index in [2.05, 4.69) is 5.32 Å². The minimum atomic E-state index is -1.01. The first-order chi connectivity index (χ1) is 10.8. The molecule has 2 aromatic carbocycles. The molecule has 23 heavy (non-hydrogen) atoms. The van der Waals surface area contributed by atoms with Crippen LogP contribution in [-0.4, -0.2) is 16.8 Å². The fraction of sp³-hybridized carbons (Fsp3) is 0.176. The number of anilines is 1. The van der Waals surface area contributed by atoms with E-state index < -0.39 is 17.5 Å². The SMILES string of the molecule is CCC(=O)c1ccc(O)c(NC(=O)c2cc(C)c(F)cc2F)c1. The molecular weight excluding hydrogens is 304 g/mol. The molecule has 0 atom stereocenters. The highest BCUT2D eigenvalue weighted by molar-refractivity contribution is 6.06. The number of ketones is 1. The Kier molecular flexibility index (Phi) is 4.74. The van der Waals surface area contributed by atoms with Crippen molar-refractivity contribution in [2.75, 3.05) is 5.32 Å². The van der Waals surface area contributed by atoms with E-state index in [1.807, 2.05) is 0 Å². The molecule has 0 aliphatic heterocycles. The van der Waals surface area contributed by atoms with Crippen LogP contribution in [0.25, 0.3) is 0 Å². The predicted molar refractivity (Wildman–Crippen MR) is 81.8 cm³/mol. The summed E-state index contributed by atoms with van der Waals surface area (Å²) in [6.07, 6.45) is 0.268. The lowest BCUT2D eigenvalue weighted by molar-refractivity contribution is 0.0985. The number of Topliss-reactive ketones (excluding diaryl/α,β-unsaturated/α-hetero) is 1. The second-order valence-electron chi connectivity index (χ2n) is 5.04. The number of benzene rings is 2. The lowest BCUT2D eigenvalue weighted by Gasteiger charge is -2.10. The van der Waals surface area contributed by atoms with Crippen LogP contribution >= 0.6 is 0 Å². The fourth-order valence-electron chi connectivity index (χ4n) is 2.03. The van der Waals surface area contributed by atoms with E-state index in [0.717, 1.165) is 6.07 Å². The van der Waals surface area contributed by atoms with Gasteiger partial charge in [-0.05, 0) is 36.8 Å². The second kappa shape index (κ2) is 6.56. The molecule has 0 aromatic heterocycles. The third-order valence-electron chi connectivity index (χ3n) is 3.38. The van der Waals surface area contributed by atoms with Gasteiger partial charge in [0.05, 0.1) is 11.3 Å². The van der Waals surface area contributed by atoms with Crippen molar-refractivity contribution in [3.63, 3.8) is 0 Å². The van der Waals surface area contributed by atoms with Gasteiger partial charge in [-0.25, -0.2) is 8.78 Å². The third kappa shape index (κ3) is 3.53. The lowest BCUT2D eigenvalue weighted by atomic mass is 10.1. The van der Waals surface area contributed by atoms with Crippen LogP contribution in [0.2, 0.25) is 0 Å². The van der Waals surface area contributed by atoms with Crippen LogP contribution in [0.3, 0.4) is 0 Å².